The molecule has 0 amide bonds. The minimum atomic E-state index is -4.40. The van der Waals surface area contributed by atoms with E-state index in [2.05, 4.69) is 6.92 Å². The number of rotatable bonds is 7. The van der Waals surface area contributed by atoms with E-state index in [4.69, 9.17) is 9.47 Å². The Balaban J connectivity index is 2.38. The summed E-state index contributed by atoms with van der Waals surface area (Å²) in [6.07, 6.45) is 3.84. The zero-order valence-corrected chi connectivity index (χ0v) is 14.3. The van der Waals surface area contributed by atoms with Crippen molar-refractivity contribution in [3.63, 3.8) is 0 Å². The fraction of sp³-hybridized carbons (Fsp3) is 0.474. The standard InChI is InChI=1S/C19H23F3O2/c1-4-5-6-7-8-9-13-10-16(19(20,21)22)15-12-18(24-3)17(23-2)11-14(13)15/h9-12H,4-8H2,1-3H3. The Bertz CT molecular complexity index is 643. The molecule has 0 unspecified atom stereocenters. The third-order valence-corrected chi connectivity index (χ3v) is 4.15. The van der Waals surface area contributed by atoms with Crippen LogP contribution in [0, 0.1) is 0 Å². The maximum atomic E-state index is 13.4. The molecule has 0 fully saturated rings. The lowest BCUT2D eigenvalue weighted by Crippen LogP contribution is -2.09. The van der Waals surface area contributed by atoms with E-state index in [1.54, 1.807) is 6.07 Å². The van der Waals surface area contributed by atoms with Crippen LogP contribution in [0.2, 0.25) is 0 Å². The molecule has 1 aliphatic carbocycles. The van der Waals surface area contributed by atoms with E-state index in [1.807, 2.05) is 6.08 Å². The van der Waals surface area contributed by atoms with Gasteiger partial charge in [-0.1, -0.05) is 32.3 Å². The first-order valence-electron chi connectivity index (χ1n) is 8.18. The van der Waals surface area contributed by atoms with Crippen LogP contribution in [0.4, 0.5) is 13.2 Å². The van der Waals surface area contributed by atoms with Crippen LogP contribution in [0.3, 0.4) is 0 Å². The maximum absolute atomic E-state index is 13.4. The Kier molecular flexibility index (Phi) is 5.97. The molecule has 0 atom stereocenters. The predicted octanol–water partition coefficient (Wildman–Crippen LogP) is 6.02. The quantitative estimate of drug-likeness (QED) is 0.565. The minimum Gasteiger partial charge on any atom is -0.493 e. The molecule has 0 aliphatic heterocycles. The molecule has 0 saturated carbocycles. The number of allylic oxidation sites excluding steroid dienone is 4. The van der Waals surface area contributed by atoms with Gasteiger partial charge in [0, 0.05) is 0 Å². The monoisotopic (exact) mass is 340 g/mol. The number of fused-ring (bicyclic) bond motifs is 1. The molecule has 2 nitrogen and oxygen atoms in total. The van der Waals surface area contributed by atoms with Crippen molar-refractivity contribution < 1.29 is 22.6 Å². The normalized spacial score (nSPS) is 15.4. The third-order valence-electron chi connectivity index (χ3n) is 4.15. The van der Waals surface area contributed by atoms with Crippen molar-refractivity contribution in [2.24, 2.45) is 0 Å². The van der Waals surface area contributed by atoms with Crippen LogP contribution in [0.25, 0.3) is 11.1 Å². The molecule has 0 N–H and O–H groups in total. The average molecular weight is 340 g/mol. The van der Waals surface area contributed by atoms with Gasteiger partial charge in [-0.3, -0.25) is 0 Å². The molecule has 0 saturated heterocycles. The highest BCUT2D eigenvalue weighted by Crippen LogP contribution is 2.47. The molecule has 1 aromatic rings. The van der Waals surface area contributed by atoms with Crippen LogP contribution in [0.15, 0.2) is 24.3 Å². The van der Waals surface area contributed by atoms with Gasteiger partial charge in [0.05, 0.1) is 19.8 Å². The molecule has 24 heavy (non-hydrogen) atoms. The lowest BCUT2D eigenvalue weighted by atomic mass is 10.0. The lowest BCUT2D eigenvalue weighted by Gasteiger charge is -2.14. The molecular weight excluding hydrogens is 317 g/mol. The number of hydrogen-bond acceptors (Lipinski definition) is 2. The van der Waals surface area contributed by atoms with Crippen LogP contribution in [-0.2, 0) is 0 Å². The van der Waals surface area contributed by atoms with Crippen molar-refractivity contribution in [1.82, 2.24) is 0 Å². The van der Waals surface area contributed by atoms with Crippen molar-refractivity contribution in [1.29, 1.82) is 0 Å². The van der Waals surface area contributed by atoms with Crippen molar-refractivity contribution in [3.05, 3.63) is 35.4 Å². The summed E-state index contributed by atoms with van der Waals surface area (Å²) < 4.78 is 50.4. The minimum absolute atomic E-state index is 0.153. The number of hydrogen-bond donors (Lipinski definition) is 0. The van der Waals surface area contributed by atoms with Gasteiger partial charge in [-0.2, -0.15) is 13.2 Å². The zero-order chi connectivity index (χ0) is 17.7. The Morgan fingerprint density at radius 1 is 0.958 bits per heavy atom. The van der Waals surface area contributed by atoms with E-state index in [-0.39, 0.29) is 5.56 Å². The molecule has 2 rings (SSSR count). The fourth-order valence-electron chi connectivity index (χ4n) is 2.88. The maximum Gasteiger partial charge on any atom is 0.417 e. The van der Waals surface area contributed by atoms with Crippen molar-refractivity contribution in [2.75, 3.05) is 14.2 Å². The fourth-order valence-corrected chi connectivity index (χ4v) is 2.88. The van der Waals surface area contributed by atoms with E-state index >= 15 is 0 Å². The first-order chi connectivity index (χ1) is 11.4. The van der Waals surface area contributed by atoms with Crippen molar-refractivity contribution in [3.8, 4) is 11.5 Å². The van der Waals surface area contributed by atoms with Crippen molar-refractivity contribution in [2.45, 2.75) is 45.2 Å². The summed E-state index contributed by atoms with van der Waals surface area (Å²) in [7, 11) is 2.89. The molecule has 1 aliphatic rings. The Morgan fingerprint density at radius 2 is 1.58 bits per heavy atom. The third kappa shape index (κ3) is 3.94. The summed E-state index contributed by atoms with van der Waals surface area (Å²) in [5.41, 5.74) is 0.684. The summed E-state index contributed by atoms with van der Waals surface area (Å²) in [6.45, 7) is 2.13. The first-order valence-corrected chi connectivity index (χ1v) is 8.18. The smallest absolute Gasteiger partial charge is 0.417 e. The Hall–Kier alpha value is -1.91. The summed E-state index contributed by atoms with van der Waals surface area (Å²) in [5.74, 6) is 0.737. The molecule has 5 heteroatoms. The van der Waals surface area contributed by atoms with Crippen LogP contribution in [0.1, 0.15) is 50.2 Å². The van der Waals surface area contributed by atoms with Crippen LogP contribution >= 0.6 is 0 Å². The highest BCUT2D eigenvalue weighted by atomic mass is 19.4. The van der Waals surface area contributed by atoms with Gasteiger partial charge in [-0.25, -0.2) is 0 Å². The predicted molar refractivity (Wildman–Crippen MR) is 90.3 cm³/mol. The van der Waals surface area contributed by atoms with E-state index < -0.39 is 11.7 Å². The summed E-state index contributed by atoms with van der Waals surface area (Å²) in [5, 5.41) is 0. The van der Waals surface area contributed by atoms with Gasteiger partial charge in [0.1, 0.15) is 0 Å². The molecule has 1 aromatic carbocycles. The van der Waals surface area contributed by atoms with E-state index in [1.165, 1.54) is 26.4 Å². The highest BCUT2D eigenvalue weighted by Gasteiger charge is 2.39. The van der Waals surface area contributed by atoms with Gasteiger partial charge < -0.3 is 9.47 Å². The van der Waals surface area contributed by atoms with E-state index in [9.17, 15) is 13.2 Å². The molecule has 0 aromatic heterocycles. The van der Waals surface area contributed by atoms with Crippen LogP contribution < -0.4 is 9.47 Å². The number of ether oxygens (including phenoxy) is 2. The van der Waals surface area contributed by atoms with Gasteiger partial charge in [-0.05, 0) is 47.8 Å². The second-order valence-electron chi connectivity index (χ2n) is 5.82. The van der Waals surface area contributed by atoms with Gasteiger partial charge in [0.2, 0.25) is 0 Å². The molecule has 0 radical (unpaired) electrons. The number of alkyl halides is 3. The summed E-state index contributed by atoms with van der Waals surface area (Å²) >= 11 is 0. The van der Waals surface area contributed by atoms with Gasteiger partial charge >= 0.3 is 6.18 Å². The number of benzene rings is 1. The molecule has 132 valence electrons. The second kappa shape index (κ2) is 7.77. The van der Waals surface area contributed by atoms with Gasteiger partial charge in [-0.15, -0.1) is 0 Å². The molecule has 0 bridgehead atoms. The summed E-state index contributed by atoms with van der Waals surface area (Å²) in [6, 6.07) is 3.03. The average Bonchev–Trinajstić information content (AvgIpc) is 2.91. The van der Waals surface area contributed by atoms with Crippen molar-refractivity contribution >= 4 is 11.1 Å². The summed E-state index contributed by atoms with van der Waals surface area (Å²) in [4.78, 5) is 0. The number of methoxy groups -OCH3 is 2. The Labute approximate surface area is 141 Å². The SMILES string of the molecule is CCCCCCC=C1C=C(C(F)(F)F)c2cc(OC)c(OC)cc21. The largest absolute Gasteiger partial charge is 0.493 e. The molecule has 0 spiro atoms. The number of halogens is 3. The topological polar surface area (TPSA) is 18.5 Å². The van der Waals surface area contributed by atoms with Gasteiger partial charge in [0.15, 0.2) is 11.5 Å². The highest BCUT2D eigenvalue weighted by molar-refractivity contribution is 5.98. The number of unbranched alkanes of at least 4 members (excludes halogenated alkanes) is 4. The second-order valence-corrected chi connectivity index (χ2v) is 5.82. The Morgan fingerprint density at radius 3 is 2.12 bits per heavy atom. The lowest BCUT2D eigenvalue weighted by molar-refractivity contribution is -0.0687. The van der Waals surface area contributed by atoms with Crippen LogP contribution in [-0.4, -0.2) is 20.4 Å². The molecular formula is C19H23F3O2. The van der Waals surface area contributed by atoms with Gasteiger partial charge in [0.25, 0.3) is 0 Å². The zero-order valence-electron chi connectivity index (χ0n) is 14.3. The van der Waals surface area contributed by atoms with E-state index in [0.29, 0.717) is 22.6 Å². The molecule has 0 heterocycles. The first kappa shape index (κ1) is 18.4. The van der Waals surface area contributed by atoms with E-state index in [0.717, 1.165) is 32.1 Å². The van der Waals surface area contributed by atoms with Crippen LogP contribution in [0.5, 0.6) is 11.5 Å².